The van der Waals surface area contributed by atoms with Gasteiger partial charge in [0.2, 0.25) is 0 Å². The zero-order valence-electron chi connectivity index (χ0n) is 14.0. The van der Waals surface area contributed by atoms with Crippen molar-refractivity contribution in [1.29, 1.82) is 0 Å². The van der Waals surface area contributed by atoms with E-state index in [1.165, 1.54) is 0 Å². The Kier molecular flexibility index (Phi) is 3.18. The fourth-order valence-electron chi connectivity index (χ4n) is 3.15. The van der Waals surface area contributed by atoms with Crippen molar-refractivity contribution < 1.29 is 0 Å². The molecule has 3 N–H and O–H groups in total. The summed E-state index contributed by atoms with van der Waals surface area (Å²) in [5.74, 6) is 0.345. The Balaban J connectivity index is 1.46. The number of benzene rings is 2. The minimum atomic E-state index is 0.345. The number of hydrazone groups is 1. The zero-order chi connectivity index (χ0) is 17.5. The molecule has 0 atom stereocenters. The molecule has 0 fully saturated rings. The summed E-state index contributed by atoms with van der Waals surface area (Å²) in [6.45, 7) is 2.05. The number of aromatic amines is 2. The third-order valence-corrected chi connectivity index (χ3v) is 4.45. The van der Waals surface area contributed by atoms with E-state index < -0.39 is 0 Å². The number of anilines is 1. The summed E-state index contributed by atoms with van der Waals surface area (Å²) in [6, 6.07) is 14.1. The van der Waals surface area contributed by atoms with Gasteiger partial charge in [-0.1, -0.05) is 36.4 Å². The maximum Gasteiger partial charge on any atom is 0.265 e. The predicted octanol–water partition coefficient (Wildman–Crippen LogP) is 3.74. The van der Waals surface area contributed by atoms with E-state index in [-0.39, 0.29) is 0 Å². The summed E-state index contributed by atoms with van der Waals surface area (Å²) >= 11 is 0. The molecule has 0 bridgehead atoms. The topological polar surface area (TPSA) is 94.6 Å². The maximum atomic E-state index is 4.47. The van der Waals surface area contributed by atoms with Gasteiger partial charge < -0.3 is 9.97 Å². The normalized spacial score (nSPS) is 11.9. The first-order valence-electron chi connectivity index (χ1n) is 8.26. The van der Waals surface area contributed by atoms with Crippen LogP contribution in [0.4, 0.5) is 5.95 Å². The Morgan fingerprint density at radius 2 is 1.92 bits per heavy atom. The van der Waals surface area contributed by atoms with Crippen molar-refractivity contribution in [2.24, 2.45) is 5.10 Å². The number of hydrogen-bond acceptors (Lipinski definition) is 5. The van der Waals surface area contributed by atoms with E-state index in [2.05, 4.69) is 48.7 Å². The number of rotatable bonds is 3. The van der Waals surface area contributed by atoms with Crippen LogP contribution >= 0.6 is 0 Å². The Morgan fingerprint density at radius 1 is 1.04 bits per heavy atom. The van der Waals surface area contributed by atoms with Gasteiger partial charge in [-0.3, -0.25) is 0 Å². The van der Waals surface area contributed by atoms with Crippen molar-refractivity contribution >= 4 is 45.1 Å². The first kappa shape index (κ1) is 14.6. The van der Waals surface area contributed by atoms with Crippen molar-refractivity contribution in [3.63, 3.8) is 0 Å². The molecule has 0 saturated heterocycles. The minimum absolute atomic E-state index is 0.345. The highest BCUT2D eigenvalue weighted by Gasteiger charge is 2.10. The molecule has 0 amide bonds. The number of nitrogens with zero attached hydrogens (tertiary/aromatic N) is 4. The van der Waals surface area contributed by atoms with Crippen molar-refractivity contribution in [3.05, 3.63) is 59.8 Å². The molecule has 126 valence electrons. The summed E-state index contributed by atoms with van der Waals surface area (Å²) < 4.78 is 0. The third kappa shape index (κ3) is 2.29. The van der Waals surface area contributed by atoms with Crippen LogP contribution in [0.1, 0.15) is 11.1 Å². The largest absolute Gasteiger partial charge is 0.361 e. The van der Waals surface area contributed by atoms with Gasteiger partial charge in [-0.25, -0.2) is 5.43 Å². The van der Waals surface area contributed by atoms with Crippen LogP contribution in [-0.4, -0.2) is 31.4 Å². The standard InChI is InChI=1S/C19H15N7/c1-11-5-4-7-14-16(11)22-18-17(14)24-26-19(23-18)25-21-10-12-9-20-15-8-3-2-6-13(12)15/h2-10,20H,1H3,(H2,22,23,25,26)/b21-10+. The number of hydrogen-bond donors (Lipinski definition) is 3. The second-order valence-electron chi connectivity index (χ2n) is 6.11. The lowest BCUT2D eigenvalue weighted by Gasteiger charge is -1.97. The molecule has 0 unspecified atom stereocenters. The van der Waals surface area contributed by atoms with Crippen LogP contribution in [0.2, 0.25) is 0 Å². The lowest BCUT2D eigenvalue weighted by molar-refractivity contribution is 1.01. The molecule has 3 heterocycles. The molecule has 0 aliphatic rings. The molecule has 0 aliphatic heterocycles. The molecule has 7 nitrogen and oxygen atoms in total. The number of nitrogens with one attached hydrogen (secondary N) is 3. The lowest BCUT2D eigenvalue weighted by Crippen LogP contribution is -1.98. The van der Waals surface area contributed by atoms with E-state index in [1.807, 2.05) is 42.6 Å². The smallest absolute Gasteiger partial charge is 0.265 e. The van der Waals surface area contributed by atoms with Crippen LogP contribution in [0, 0.1) is 6.92 Å². The monoisotopic (exact) mass is 341 g/mol. The number of aromatic nitrogens is 5. The van der Waals surface area contributed by atoms with Crippen molar-refractivity contribution in [3.8, 4) is 0 Å². The highest BCUT2D eigenvalue weighted by atomic mass is 15.4. The molecule has 0 aliphatic carbocycles. The van der Waals surface area contributed by atoms with Gasteiger partial charge in [0.25, 0.3) is 5.95 Å². The number of aryl methyl sites for hydroxylation is 1. The number of H-pyrrole nitrogens is 2. The van der Waals surface area contributed by atoms with Gasteiger partial charge in [0, 0.05) is 28.0 Å². The van der Waals surface area contributed by atoms with Crippen LogP contribution < -0.4 is 5.43 Å². The first-order valence-corrected chi connectivity index (χ1v) is 8.26. The SMILES string of the molecule is Cc1cccc2c1[nH]c1nc(N/N=C/c3c[nH]c4ccccc34)nnc12. The van der Waals surface area contributed by atoms with E-state index >= 15 is 0 Å². The average Bonchev–Trinajstić information content (AvgIpc) is 3.24. The van der Waals surface area contributed by atoms with E-state index in [0.717, 1.165) is 38.4 Å². The van der Waals surface area contributed by atoms with Gasteiger partial charge in [-0.05, 0) is 18.6 Å². The lowest BCUT2D eigenvalue weighted by atomic mass is 10.1. The number of para-hydroxylation sites is 2. The molecular formula is C19H15N7. The predicted molar refractivity (Wildman–Crippen MR) is 103 cm³/mol. The van der Waals surface area contributed by atoms with Crippen molar-refractivity contribution in [2.45, 2.75) is 6.92 Å². The average molecular weight is 341 g/mol. The van der Waals surface area contributed by atoms with Gasteiger partial charge >= 0.3 is 0 Å². The summed E-state index contributed by atoms with van der Waals surface area (Å²) in [7, 11) is 0. The summed E-state index contributed by atoms with van der Waals surface area (Å²) in [4.78, 5) is 11.0. The molecular weight excluding hydrogens is 326 g/mol. The Hall–Kier alpha value is -3.74. The Bertz CT molecular complexity index is 1280. The molecule has 2 aromatic carbocycles. The summed E-state index contributed by atoms with van der Waals surface area (Å²) in [6.07, 6.45) is 3.65. The van der Waals surface area contributed by atoms with E-state index in [4.69, 9.17) is 0 Å². The van der Waals surface area contributed by atoms with Crippen LogP contribution in [-0.2, 0) is 0 Å². The first-order chi connectivity index (χ1) is 12.8. The maximum absolute atomic E-state index is 4.47. The van der Waals surface area contributed by atoms with E-state index in [9.17, 15) is 0 Å². The van der Waals surface area contributed by atoms with Crippen LogP contribution in [0.15, 0.2) is 53.8 Å². The molecule has 0 saturated carbocycles. The molecule has 26 heavy (non-hydrogen) atoms. The summed E-state index contributed by atoms with van der Waals surface area (Å²) in [5.41, 5.74) is 8.54. The molecule has 0 radical (unpaired) electrons. The van der Waals surface area contributed by atoms with Crippen molar-refractivity contribution in [2.75, 3.05) is 5.43 Å². The summed E-state index contributed by atoms with van der Waals surface area (Å²) in [5, 5.41) is 14.8. The molecule has 5 rings (SSSR count). The van der Waals surface area contributed by atoms with Gasteiger partial charge in [0.05, 0.1) is 11.7 Å². The van der Waals surface area contributed by atoms with Gasteiger partial charge in [0.1, 0.15) is 5.52 Å². The Labute approximate surface area is 148 Å². The number of fused-ring (bicyclic) bond motifs is 4. The molecule has 5 aromatic rings. The van der Waals surface area contributed by atoms with Crippen LogP contribution in [0.5, 0.6) is 0 Å². The van der Waals surface area contributed by atoms with Crippen LogP contribution in [0.25, 0.3) is 33.0 Å². The highest BCUT2D eigenvalue weighted by molar-refractivity contribution is 6.04. The van der Waals surface area contributed by atoms with Gasteiger partial charge in [-0.15, -0.1) is 10.2 Å². The quantitative estimate of drug-likeness (QED) is 0.344. The molecule has 3 aromatic heterocycles. The third-order valence-electron chi connectivity index (χ3n) is 4.45. The minimum Gasteiger partial charge on any atom is -0.361 e. The second-order valence-corrected chi connectivity index (χ2v) is 6.11. The Morgan fingerprint density at radius 3 is 2.88 bits per heavy atom. The molecule has 7 heteroatoms. The second kappa shape index (κ2) is 5.66. The highest BCUT2D eigenvalue weighted by Crippen LogP contribution is 2.24. The van der Waals surface area contributed by atoms with Gasteiger partial charge in [-0.2, -0.15) is 10.1 Å². The zero-order valence-corrected chi connectivity index (χ0v) is 14.0. The fraction of sp³-hybridized carbons (Fsp3) is 0.0526. The molecule has 0 spiro atoms. The van der Waals surface area contributed by atoms with E-state index in [1.54, 1.807) is 6.21 Å². The van der Waals surface area contributed by atoms with Crippen LogP contribution in [0.3, 0.4) is 0 Å². The fourth-order valence-corrected chi connectivity index (χ4v) is 3.15. The van der Waals surface area contributed by atoms with Gasteiger partial charge in [0.15, 0.2) is 5.65 Å². The van der Waals surface area contributed by atoms with E-state index in [0.29, 0.717) is 11.6 Å². The van der Waals surface area contributed by atoms with Crippen molar-refractivity contribution in [1.82, 2.24) is 25.1 Å².